The van der Waals surface area contributed by atoms with Crippen LogP contribution in [0, 0.1) is 0 Å². The first-order valence-electron chi connectivity index (χ1n) is 11.0. The summed E-state index contributed by atoms with van der Waals surface area (Å²) in [6.07, 6.45) is 7.03. The van der Waals surface area contributed by atoms with E-state index in [0.29, 0.717) is 0 Å². The number of amides is 1. The molecular formula is C23H29N5O3. The molecule has 1 atom stereocenters. The number of aromatic nitrogens is 3. The van der Waals surface area contributed by atoms with Gasteiger partial charge in [-0.1, -0.05) is 6.07 Å². The van der Waals surface area contributed by atoms with Gasteiger partial charge in [0.25, 0.3) is 0 Å². The topological polar surface area (TPSA) is 87.5 Å². The molecule has 1 saturated heterocycles. The Hall–Kier alpha value is -2.84. The summed E-state index contributed by atoms with van der Waals surface area (Å²) in [5, 5.41) is 5.43. The van der Waals surface area contributed by atoms with E-state index in [1.165, 1.54) is 11.3 Å². The highest BCUT2D eigenvalue weighted by atomic mass is 16.5. The van der Waals surface area contributed by atoms with Crippen LogP contribution in [0.2, 0.25) is 0 Å². The fourth-order valence-electron chi connectivity index (χ4n) is 4.82. The van der Waals surface area contributed by atoms with Crippen molar-refractivity contribution in [3.8, 4) is 5.75 Å². The summed E-state index contributed by atoms with van der Waals surface area (Å²) >= 11 is 0. The predicted octanol–water partition coefficient (Wildman–Crippen LogP) is 2.02. The number of ether oxygens (including phenoxy) is 2. The fraction of sp³-hybridized carbons (Fsp3) is 0.478. The summed E-state index contributed by atoms with van der Waals surface area (Å²) in [7, 11) is 2.01. The Balaban J connectivity index is 1.20. The van der Waals surface area contributed by atoms with Crippen molar-refractivity contribution in [1.82, 2.24) is 19.2 Å². The molecule has 0 aliphatic carbocycles. The van der Waals surface area contributed by atoms with Crippen LogP contribution in [0.1, 0.15) is 30.2 Å². The molecular weight excluding hydrogens is 394 g/mol. The van der Waals surface area contributed by atoms with Gasteiger partial charge in [0, 0.05) is 55.9 Å². The van der Waals surface area contributed by atoms with E-state index in [4.69, 9.17) is 15.2 Å². The Labute approximate surface area is 181 Å². The first kappa shape index (κ1) is 20.1. The Morgan fingerprint density at radius 1 is 1.29 bits per heavy atom. The van der Waals surface area contributed by atoms with E-state index in [-0.39, 0.29) is 24.7 Å². The molecule has 3 aromatic rings. The number of carbonyl (C=O) groups excluding carboxylic acids is 1. The summed E-state index contributed by atoms with van der Waals surface area (Å²) in [6.45, 7) is 3.80. The van der Waals surface area contributed by atoms with Gasteiger partial charge in [0.15, 0.2) is 0 Å². The van der Waals surface area contributed by atoms with Crippen molar-refractivity contribution in [2.24, 2.45) is 12.8 Å². The quantitative estimate of drug-likeness (QED) is 0.655. The van der Waals surface area contributed by atoms with Gasteiger partial charge in [-0.15, -0.1) is 0 Å². The van der Waals surface area contributed by atoms with Crippen LogP contribution in [-0.2, 0) is 29.5 Å². The number of hydrogen-bond acceptors (Lipinski definition) is 5. The largest absolute Gasteiger partial charge is 0.490 e. The van der Waals surface area contributed by atoms with Crippen LogP contribution >= 0.6 is 0 Å². The maximum atomic E-state index is 11.3. The first-order chi connectivity index (χ1) is 15.1. The lowest BCUT2D eigenvalue weighted by molar-refractivity contribution is -0.118. The third kappa shape index (κ3) is 4.05. The average molecular weight is 424 g/mol. The van der Waals surface area contributed by atoms with Crippen LogP contribution in [0.25, 0.3) is 10.9 Å². The molecule has 4 heterocycles. The molecule has 2 N–H and O–H groups in total. The second kappa shape index (κ2) is 8.36. The Bertz CT molecular complexity index is 1080. The number of fused-ring (bicyclic) bond motifs is 2. The highest BCUT2D eigenvalue weighted by Crippen LogP contribution is 2.31. The molecule has 1 aromatic carbocycles. The summed E-state index contributed by atoms with van der Waals surface area (Å²) in [5.74, 6) is 0.520. The van der Waals surface area contributed by atoms with Gasteiger partial charge in [0.1, 0.15) is 18.4 Å². The van der Waals surface area contributed by atoms with Crippen molar-refractivity contribution in [1.29, 1.82) is 0 Å². The second-order valence-electron chi connectivity index (χ2n) is 8.50. The smallest absolute Gasteiger partial charge is 0.237 e. The highest BCUT2D eigenvalue weighted by molar-refractivity contribution is 5.87. The highest BCUT2D eigenvalue weighted by Gasteiger charge is 2.28. The SMILES string of the molecule is Cn1ncc2c1CCOC2CN1CCC(Oc2cccc3c2ccn3CC(N)=O)CC1. The summed E-state index contributed by atoms with van der Waals surface area (Å²) in [4.78, 5) is 13.8. The zero-order valence-electron chi connectivity index (χ0n) is 17.9. The van der Waals surface area contributed by atoms with E-state index in [0.717, 1.165) is 62.2 Å². The van der Waals surface area contributed by atoms with E-state index in [9.17, 15) is 4.79 Å². The Kier molecular flexibility index (Phi) is 5.41. The molecule has 31 heavy (non-hydrogen) atoms. The molecule has 0 radical (unpaired) electrons. The van der Waals surface area contributed by atoms with Crippen LogP contribution in [-0.4, -0.2) is 57.5 Å². The number of likely N-dealkylation sites (tertiary alicyclic amines) is 1. The molecule has 0 spiro atoms. The van der Waals surface area contributed by atoms with Crippen molar-refractivity contribution in [3.63, 3.8) is 0 Å². The van der Waals surface area contributed by atoms with Crippen LogP contribution in [0.15, 0.2) is 36.7 Å². The number of rotatable bonds is 6. The molecule has 8 heteroatoms. The van der Waals surface area contributed by atoms with Crippen molar-refractivity contribution < 1.29 is 14.3 Å². The number of carbonyl (C=O) groups is 1. The Morgan fingerprint density at radius 3 is 2.94 bits per heavy atom. The van der Waals surface area contributed by atoms with Gasteiger partial charge >= 0.3 is 0 Å². The van der Waals surface area contributed by atoms with E-state index in [1.54, 1.807) is 0 Å². The number of piperidine rings is 1. The second-order valence-corrected chi connectivity index (χ2v) is 8.50. The van der Waals surface area contributed by atoms with Gasteiger partial charge in [0.05, 0.1) is 24.4 Å². The monoisotopic (exact) mass is 423 g/mol. The molecule has 1 unspecified atom stereocenters. The van der Waals surface area contributed by atoms with Crippen LogP contribution in [0.3, 0.4) is 0 Å². The number of primary amides is 1. The molecule has 0 saturated carbocycles. The molecule has 1 fully saturated rings. The minimum Gasteiger partial charge on any atom is -0.490 e. The number of benzene rings is 1. The maximum absolute atomic E-state index is 11.3. The molecule has 2 aromatic heterocycles. The lowest BCUT2D eigenvalue weighted by atomic mass is 10.0. The minimum atomic E-state index is -0.350. The third-order valence-corrected chi connectivity index (χ3v) is 6.45. The zero-order valence-corrected chi connectivity index (χ0v) is 17.9. The average Bonchev–Trinajstić information content (AvgIpc) is 3.34. The van der Waals surface area contributed by atoms with Crippen LogP contribution < -0.4 is 10.5 Å². The van der Waals surface area contributed by atoms with Gasteiger partial charge in [-0.25, -0.2) is 0 Å². The predicted molar refractivity (Wildman–Crippen MR) is 117 cm³/mol. The van der Waals surface area contributed by atoms with Crippen molar-refractivity contribution in [2.75, 3.05) is 26.2 Å². The lowest BCUT2D eigenvalue weighted by Crippen LogP contribution is -2.41. The number of nitrogens with two attached hydrogens (primary N) is 1. The summed E-state index contributed by atoms with van der Waals surface area (Å²) in [6, 6.07) is 7.96. The van der Waals surface area contributed by atoms with Gasteiger partial charge in [-0.05, 0) is 31.0 Å². The van der Waals surface area contributed by atoms with Crippen molar-refractivity contribution in [3.05, 3.63) is 47.9 Å². The number of nitrogens with zero attached hydrogens (tertiary/aromatic N) is 4. The normalized spacial score (nSPS) is 20.1. The van der Waals surface area contributed by atoms with E-state index in [1.807, 2.05) is 53.0 Å². The Morgan fingerprint density at radius 2 is 2.13 bits per heavy atom. The van der Waals surface area contributed by atoms with Gasteiger partial charge in [-0.2, -0.15) is 5.10 Å². The van der Waals surface area contributed by atoms with Gasteiger partial charge < -0.3 is 24.7 Å². The zero-order chi connectivity index (χ0) is 21.4. The van der Waals surface area contributed by atoms with Gasteiger partial charge in [-0.3, -0.25) is 9.48 Å². The third-order valence-electron chi connectivity index (χ3n) is 6.45. The first-order valence-corrected chi connectivity index (χ1v) is 11.0. The van der Waals surface area contributed by atoms with Crippen molar-refractivity contribution in [2.45, 2.75) is 38.0 Å². The molecule has 164 valence electrons. The van der Waals surface area contributed by atoms with E-state index >= 15 is 0 Å². The number of aryl methyl sites for hydroxylation is 1. The summed E-state index contributed by atoms with van der Waals surface area (Å²) in [5.41, 5.74) is 8.86. The number of hydrogen-bond donors (Lipinski definition) is 1. The molecule has 0 bridgehead atoms. The fourth-order valence-corrected chi connectivity index (χ4v) is 4.82. The minimum absolute atomic E-state index is 0.105. The van der Waals surface area contributed by atoms with Gasteiger partial charge in [0.2, 0.25) is 5.91 Å². The molecule has 2 aliphatic rings. The molecule has 2 aliphatic heterocycles. The summed E-state index contributed by atoms with van der Waals surface area (Å²) < 4.78 is 16.3. The molecule has 8 nitrogen and oxygen atoms in total. The molecule has 1 amide bonds. The van der Waals surface area contributed by atoms with E-state index < -0.39 is 0 Å². The van der Waals surface area contributed by atoms with Crippen LogP contribution in [0.5, 0.6) is 5.75 Å². The van der Waals surface area contributed by atoms with Crippen molar-refractivity contribution >= 4 is 16.8 Å². The molecule has 5 rings (SSSR count). The van der Waals surface area contributed by atoms with E-state index in [2.05, 4.69) is 10.00 Å². The standard InChI is InChI=1S/C23H29N5O3/c1-26-19-8-12-30-22(18(19)13-25-26)14-27-9-5-16(6-10-27)31-21-4-2-3-20-17(21)7-11-28(20)15-23(24)29/h2-4,7,11,13,16,22H,5-6,8-10,12,14-15H2,1H3,(H2,24,29). The lowest BCUT2D eigenvalue weighted by Gasteiger charge is -2.35. The maximum Gasteiger partial charge on any atom is 0.237 e. The van der Waals surface area contributed by atoms with Crippen LogP contribution in [0.4, 0.5) is 0 Å².